The molecule has 0 N–H and O–H groups in total. The molecule has 2 heterocycles. The number of nitrogens with zero attached hydrogens (tertiary/aromatic N) is 2. The van der Waals surface area contributed by atoms with E-state index >= 15 is 0 Å². The summed E-state index contributed by atoms with van der Waals surface area (Å²) in [7, 11) is 0. The maximum atomic E-state index is 5.12. The molecule has 45 heavy (non-hydrogen) atoms. The molecule has 0 aliphatic heterocycles. The Bertz CT molecular complexity index is 2400. The molecule has 0 atom stereocenters. The van der Waals surface area contributed by atoms with Crippen LogP contribution in [0.5, 0.6) is 0 Å². The summed E-state index contributed by atoms with van der Waals surface area (Å²) in [4.78, 5) is 7.47. The van der Waals surface area contributed by atoms with Crippen molar-refractivity contribution in [2.45, 2.75) is 19.3 Å². The number of aromatic nitrogens is 1. The van der Waals surface area contributed by atoms with Gasteiger partial charge in [-0.3, -0.25) is 4.90 Å². The lowest BCUT2D eigenvalue weighted by atomic mass is 9.82. The van der Waals surface area contributed by atoms with Gasteiger partial charge in [0.1, 0.15) is 0 Å². The Morgan fingerprint density at radius 1 is 0.578 bits per heavy atom. The molecule has 0 spiro atoms. The van der Waals surface area contributed by atoms with Gasteiger partial charge in [-0.2, -0.15) is 0 Å². The van der Waals surface area contributed by atoms with Crippen molar-refractivity contribution >= 4 is 59.5 Å². The van der Waals surface area contributed by atoms with Gasteiger partial charge in [0.25, 0.3) is 0 Å². The van der Waals surface area contributed by atoms with Crippen LogP contribution < -0.4 is 4.90 Å². The maximum absolute atomic E-state index is 5.12. The lowest BCUT2D eigenvalue weighted by Crippen LogP contribution is -2.15. The number of pyridine rings is 1. The number of benzene rings is 6. The summed E-state index contributed by atoms with van der Waals surface area (Å²) in [5, 5.41) is 5.10. The normalized spacial score (nSPS) is 13.3. The van der Waals surface area contributed by atoms with Crippen LogP contribution in [0.15, 0.2) is 146 Å². The summed E-state index contributed by atoms with van der Waals surface area (Å²) in [6.07, 6.45) is 1.97. The summed E-state index contributed by atoms with van der Waals surface area (Å²) >= 11 is 1.83. The SMILES string of the molecule is CC1(C)c2ccccc2-c2cc(N(c3ccc(-c4ccccc4)cc3)c3nccc4c3sc3ccc5ccccc5c34)ccc21. The zero-order valence-electron chi connectivity index (χ0n) is 25.2. The molecule has 0 radical (unpaired) electrons. The lowest BCUT2D eigenvalue weighted by molar-refractivity contribution is 0.660. The average molecular weight is 595 g/mol. The lowest BCUT2D eigenvalue weighted by Gasteiger charge is -2.26. The van der Waals surface area contributed by atoms with Crippen molar-refractivity contribution < 1.29 is 0 Å². The van der Waals surface area contributed by atoms with Crippen LogP contribution in [0.2, 0.25) is 0 Å². The summed E-state index contributed by atoms with van der Waals surface area (Å²) < 4.78 is 2.47. The highest BCUT2D eigenvalue weighted by molar-refractivity contribution is 7.26. The predicted octanol–water partition coefficient (Wildman–Crippen LogP) is 12.0. The maximum Gasteiger partial charge on any atom is 0.155 e. The van der Waals surface area contributed by atoms with Gasteiger partial charge in [-0.15, -0.1) is 11.3 Å². The molecule has 9 rings (SSSR count). The second-order valence-corrected chi connectivity index (χ2v) is 13.5. The predicted molar refractivity (Wildman–Crippen MR) is 192 cm³/mol. The van der Waals surface area contributed by atoms with E-state index in [4.69, 9.17) is 4.98 Å². The molecule has 0 fully saturated rings. The van der Waals surface area contributed by atoms with Crippen LogP contribution in [0.3, 0.4) is 0 Å². The average Bonchev–Trinajstić information content (AvgIpc) is 3.59. The highest BCUT2D eigenvalue weighted by Gasteiger charge is 2.35. The Labute approximate surface area is 266 Å². The second kappa shape index (κ2) is 9.88. The Balaban J connectivity index is 1.29. The van der Waals surface area contributed by atoms with Crippen LogP contribution in [-0.2, 0) is 5.41 Å². The number of hydrogen-bond acceptors (Lipinski definition) is 3. The minimum Gasteiger partial charge on any atom is -0.294 e. The Kier molecular flexibility index (Phi) is 5.75. The van der Waals surface area contributed by atoms with Crippen molar-refractivity contribution in [3.05, 3.63) is 157 Å². The number of thiophene rings is 1. The van der Waals surface area contributed by atoms with E-state index in [1.807, 2.05) is 17.5 Å². The number of rotatable bonds is 4. The van der Waals surface area contributed by atoms with Gasteiger partial charge in [-0.05, 0) is 80.6 Å². The van der Waals surface area contributed by atoms with E-state index in [2.05, 4.69) is 158 Å². The van der Waals surface area contributed by atoms with Crippen molar-refractivity contribution in [1.82, 2.24) is 4.98 Å². The molecule has 8 aromatic rings. The Morgan fingerprint density at radius 3 is 2.16 bits per heavy atom. The summed E-state index contributed by atoms with van der Waals surface area (Å²) in [5.41, 5.74) is 9.92. The third-order valence-corrected chi connectivity index (χ3v) is 10.7. The van der Waals surface area contributed by atoms with Crippen LogP contribution in [-0.4, -0.2) is 4.98 Å². The monoisotopic (exact) mass is 594 g/mol. The molecular formula is C42H30N2S. The Morgan fingerprint density at radius 2 is 1.29 bits per heavy atom. The van der Waals surface area contributed by atoms with E-state index in [0.29, 0.717) is 0 Å². The molecule has 6 aromatic carbocycles. The van der Waals surface area contributed by atoms with Gasteiger partial charge in [-0.25, -0.2) is 4.98 Å². The van der Waals surface area contributed by atoms with Crippen molar-refractivity contribution in [2.24, 2.45) is 0 Å². The first-order chi connectivity index (χ1) is 22.1. The zero-order valence-corrected chi connectivity index (χ0v) is 26.0. The molecule has 2 nitrogen and oxygen atoms in total. The van der Waals surface area contributed by atoms with E-state index in [9.17, 15) is 0 Å². The van der Waals surface area contributed by atoms with E-state index in [-0.39, 0.29) is 5.41 Å². The first kappa shape index (κ1) is 26.2. The molecule has 0 saturated heterocycles. The van der Waals surface area contributed by atoms with Crippen molar-refractivity contribution in [3.63, 3.8) is 0 Å². The molecular weight excluding hydrogens is 565 g/mol. The third-order valence-electron chi connectivity index (χ3n) is 9.53. The van der Waals surface area contributed by atoms with Crippen molar-refractivity contribution in [1.29, 1.82) is 0 Å². The molecule has 0 unspecified atom stereocenters. The third kappa shape index (κ3) is 3.97. The molecule has 1 aliphatic carbocycles. The number of fused-ring (bicyclic) bond motifs is 8. The van der Waals surface area contributed by atoms with E-state index in [0.717, 1.165) is 17.2 Å². The highest BCUT2D eigenvalue weighted by Crippen LogP contribution is 2.51. The molecule has 0 bridgehead atoms. The fourth-order valence-electron chi connectivity index (χ4n) is 7.29. The van der Waals surface area contributed by atoms with Gasteiger partial charge >= 0.3 is 0 Å². The minimum absolute atomic E-state index is 0.0442. The number of anilines is 3. The van der Waals surface area contributed by atoms with Crippen LogP contribution >= 0.6 is 11.3 Å². The highest BCUT2D eigenvalue weighted by atomic mass is 32.1. The first-order valence-electron chi connectivity index (χ1n) is 15.5. The molecule has 214 valence electrons. The van der Waals surface area contributed by atoms with E-state index in [1.54, 1.807) is 0 Å². The van der Waals surface area contributed by atoms with Gasteiger partial charge in [0, 0.05) is 38.5 Å². The van der Waals surface area contributed by atoms with Crippen molar-refractivity contribution in [3.8, 4) is 22.3 Å². The van der Waals surface area contributed by atoms with Crippen LogP contribution in [0.4, 0.5) is 17.2 Å². The van der Waals surface area contributed by atoms with Crippen LogP contribution in [0.1, 0.15) is 25.0 Å². The fraction of sp³-hybridized carbons (Fsp3) is 0.0714. The van der Waals surface area contributed by atoms with Gasteiger partial charge in [0.2, 0.25) is 0 Å². The summed E-state index contributed by atoms with van der Waals surface area (Å²) in [6.45, 7) is 4.67. The molecule has 0 amide bonds. The van der Waals surface area contributed by atoms with Crippen LogP contribution in [0.25, 0.3) is 53.2 Å². The topological polar surface area (TPSA) is 16.1 Å². The molecule has 0 saturated carbocycles. The smallest absolute Gasteiger partial charge is 0.155 e. The van der Waals surface area contributed by atoms with Gasteiger partial charge < -0.3 is 0 Å². The molecule has 2 aromatic heterocycles. The quantitative estimate of drug-likeness (QED) is 0.201. The second-order valence-electron chi connectivity index (χ2n) is 12.4. The minimum atomic E-state index is -0.0442. The largest absolute Gasteiger partial charge is 0.294 e. The van der Waals surface area contributed by atoms with Gasteiger partial charge in [0.05, 0.1) is 4.70 Å². The standard InChI is InChI=1S/C42H30N2S/c1-42(2)36-15-9-8-14-33(36)35-26-31(21-22-37(35)42)44(30-19-16-28(17-20-30)27-10-4-3-5-11-27)41-40-34(24-25-43-41)39-32-13-7-6-12-29(32)18-23-38(39)45-40/h3-26H,1-2H3. The number of hydrogen-bond donors (Lipinski definition) is 0. The first-order valence-corrected chi connectivity index (χ1v) is 16.3. The molecule has 1 aliphatic rings. The van der Waals surface area contributed by atoms with Crippen molar-refractivity contribution in [2.75, 3.05) is 4.90 Å². The summed E-state index contributed by atoms with van der Waals surface area (Å²) in [5.74, 6) is 0.954. The zero-order chi connectivity index (χ0) is 30.1. The van der Waals surface area contributed by atoms with E-state index < -0.39 is 0 Å². The Hall–Kier alpha value is -5.25. The fourth-order valence-corrected chi connectivity index (χ4v) is 8.49. The van der Waals surface area contributed by atoms with Crippen LogP contribution in [0, 0.1) is 0 Å². The van der Waals surface area contributed by atoms with Gasteiger partial charge in [-0.1, -0.05) is 117 Å². The van der Waals surface area contributed by atoms with Gasteiger partial charge in [0.15, 0.2) is 5.82 Å². The molecule has 3 heteroatoms. The van der Waals surface area contributed by atoms with E-state index in [1.165, 1.54) is 64.3 Å². The summed E-state index contributed by atoms with van der Waals surface area (Å²) in [6, 6.07) is 50.7.